The lowest BCUT2D eigenvalue weighted by atomic mass is 10.1. The molecular weight excluding hydrogens is 337 g/mol. The Labute approximate surface area is 111 Å². The fourth-order valence-corrected chi connectivity index (χ4v) is 2.53. The lowest BCUT2D eigenvalue weighted by Gasteiger charge is -2.16. The minimum absolute atomic E-state index is 0.103. The van der Waals surface area contributed by atoms with Gasteiger partial charge < -0.3 is 5.32 Å². The second-order valence-corrected chi connectivity index (χ2v) is 7.32. The highest BCUT2D eigenvalue weighted by Gasteiger charge is 2.12. The topological polar surface area (TPSA) is 46.2 Å². The molecule has 0 spiro atoms. The zero-order valence-electron chi connectivity index (χ0n) is 9.40. The summed E-state index contributed by atoms with van der Waals surface area (Å²) in [7, 11) is -1.03. The van der Waals surface area contributed by atoms with Gasteiger partial charge in [0.15, 0.2) is 0 Å². The molecule has 1 atom stereocenters. The molecule has 0 aromatic heterocycles. The Bertz CT molecular complexity index is 428. The van der Waals surface area contributed by atoms with Gasteiger partial charge in [-0.1, -0.05) is 12.1 Å². The van der Waals surface area contributed by atoms with E-state index in [9.17, 15) is 8.42 Å². The lowest BCUT2D eigenvalue weighted by Crippen LogP contribution is -2.19. The maximum Gasteiger partial charge on any atom is 0.147 e. The molecule has 0 amide bonds. The van der Waals surface area contributed by atoms with Crippen molar-refractivity contribution in [1.82, 2.24) is 5.32 Å². The summed E-state index contributed by atoms with van der Waals surface area (Å²) >= 11 is 2.25. The first kappa shape index (κ1) is 13.9. The second kappa shape index (κ2) is 5.97. The van der Waals surface area contributed by atoms with E-state index in [0.29, 0.717) is 6.42 Å². The van der Waals surface area contributed by atoms with E-state index in [-0.39, 0.29) is 11.8 Å². The molecule has 1 rings (SSSR count). The third kappa shape index (κ3) is 4.80. The predicted octanol–water partition coefficient (Wildman–Crippen LogP) is 1.99. The Balaban J connectivity index is 2.71. The van der Waals surface area contributed by atoms with Gasteiger partial charge in [0.1, 0.15) is 9.84 Å². The van der Waals surface area contributed by atoms with Crippen LogP contribution in [0.5, 0.6) is 0 Å². The van der Waals surface area contributed by atoms with Crippen molar-refractivity contribution in [3.63, 3.8) is 0 Å². The van der Waals surface area contributed by atoms with Crippen molar-refractivity contribution in [2.75, 3.05) is 19.1 Å². The lowest BCUT2D eigenvalue weighted by molar-refractivity contribution is 0.559. The van der Waals surface area contributed by atoms with Gasteiger partial charge in [-0.25, -0.2) is 8.42 Å². The van der Waals surface area contributed by atoms with Crippen LogP contribution < -0.4 is 5.32 Å². The number of sulfone groups is 1. The average molecular weight is 353 g/mol. The molecule has 0 fully saturated rings. The fourth-order valence-electron chi connectivity index (χ4n) is 1.50. The van der Waals surface area contributed by atoms with E-state index in [1.807, 2.05) is 31.3 Å². The van der Waals surface area contributed by atoms with Gasteiger partial charge in [-0.2, -0.15) is 0 Å². The first-order chi connectivity index (χ1) is 7.42. The molecule has 1 unspecified atom stereocenters. The summed E-state index contributed by atoms with van der Waals surface area (Å²) in [6, 6.07) is 8.23. The van der Waals surface area contributed by atoms with E-state index in [1.165, 1.54) is 9.83 Å². The van der Waals surface area contributed by atoms with Crippen molar-refractivity contribution >= 4 is 32.4 Å². The SMILES string of the molecule is CNC(CCS(C)(=O)=O)c1ccc(I)cc1. The molecule has 1 N–H and O–H groups in total. The van der Waals surface area contributed by atoms with Crippen molar-refractivity contribution in [1.29, 1.82) is 0 Å². The summed E-state index contributed by atoms with van der Waals surface area (Å²) in [6.07, 6.45) is 1.88. The van der Waals surface area contributed by atoms with Gasteiger partial charge in [0, 0.05) is 15.9 Å². The largest absolute Gasteiger partial charge is 0.313 e. The van der Waals surface area contributed by atoms with Crippen molar-refractivity contribution in [3.8, 4) is 0 Å². The van der Waals surface area contributed by atoms with Crippen LogP contribution in [0.3, 0.4) is 0 Å². The molecule has 3 nitrogen and oxygen atoms in total. The maximum atomic E-state index is 11.1. The van der Waals surface area contributed by atoms with E-state index in [2.05, 4.69) is 27.9 Å². The zero-order chi connectivity index (χ0) is 12.2. The average Bonchev–Trinajstić information content (AvgIpc) is 2.20. The molecular formula is C11H16INO2S. The van der Waals surface area contributed by atoms with Crippen LogP contribution >= 0.6 is 22.6 Å². The minimum Gasteiger partial charge on any atom is -0.313 e. The van der Waals surface area contributed by atoms with E-state index >= 15 is 0 Å². The summed E-state index contributed by atoms with van der Waals surface area (Å²) in [5, 5.41) is 3.14. The monoisotopic (exact) mass is 353 g/mol. The van der Waals surface area contributed by atoms with Crippen molar-refractivity contribution in [2.24, 2.45) is 0 Å². The highest BCUT2D eigenvalue weighted by atomic mass is 127. The third-order valence-electron chi connectivity index (χ3n) is 2.40. The second-order valence-electron chi connectivity index (χ2n) is 3.81. The van der Waals surface area contributed by atoms with Gasteiger partial charge in [-0.3, -0.25) is 0 Å². The van der Waals surface area contributed by atoms with Gasteiger partial charge in [0.25, 0.3) is 0 Å². The van der Waals surface area contributed by atoms with E-state index < -0.39 is 9.84 Å². The number of hydrogen-bond donors (Lipinski definition) is 1. The number of hydrogen-bond acceptors (Lipinski definition) is 3. The van der Waals surface area contributed by atoms with Crippen LogP contribution in [0.4, 0.5) is 0 Å². The van der Waals surface area contributed by atoms with Crippen LogP contribution in [0.2, 0.25) is 0 Å². The third-order valence-corrected chi connectivity index (χ3v) is 4.09. The summed E-state index contributed by atoms with van der Waals surface area (Å²) in [5.41, 5.74) is 1.13. The Morgan fingerprint density at radius 3 is 2.31 bits per heavy atom. The van der Waals surface area contributed by atoms with Gasteiger partial charge in [-0.05, 0) is 53.8 Å². The van der Waals surface area contributed by atoms with Gasteiger partial charge in [0.05, 0.1) is 5.75 Å². The first-order valence-corrected chi connectivity index (χ1v) is 8.17. The molecule has 0 aliphatic carbocycles. The fraction of sp³-hybridized carbons (Fsp3) is 0.455. The predicted molar refractivity (Wildman–Crippen MR) is 75.3 cm³/mol. The molecule has 1 aromatic rings. The highest BCUT2D eigenvalue weighted by Crippen LogP contribution is 2.18. The van der Waals surface area contributed by atoms with Crippen molar-refractivity contribution < 1.29 is 8.42 Å². The van der Waals surface area contributed by atoms with E-state index in [0.717, 1.165) is 5.56 Å². The number of nitrogens with one attached hydrogen (secondary N) is 1. The quantitative estimate of drug-likeness (QED) is 0.824. The van der Waals surface area contributed by atoms with Crippen LogP contribution in [0.25, 0.3) is 0 Å². The summed E-state index contributed by atoms with van der Waals surface area (Å²) in [6.45, 7) is 0. The molecule has 90 valence electrons. The van der Waals surface area contributed by atoms with E-state index in [1.54, 1.807) is 0 Å². The normalized spacial score (nSPS) is 13.7. The summed E-state index contributed by atoms with van der Waals surface area (Å²) in [4.78, 5) is 0. The molecule has 5 heteroatoms. The van der Waals surface area contributed by atoms with Gasteiger partial charge >= 0.3 is 0 Å². The van der Waals surface area contributed by atoms with Crippen LogP contribution in [-0.4, -0.2) is 27.5 Å². The molecule has 1 aromatic carbocycles. The molecule has 16 heavy (non-hydrogen) atoms. The van der Waals surface area contributed by atoms with Gasteiger partial charge in [0.2, 0.25) is 0 Å². The molecule has 0 bridgehead atoms. The molecule has 0 aliphatic heterocycles. The van der Waals surface area contributed by atoms with Crippen LogP contribution in [0.1, 0.15) is 18.0 Å². The Kier molecular flexibility index (Phi) is 5.20. The molecule has 0 aliphatic rings. The maximum absolute atomic E-state index is 11.1. The van der Waals surface area contributed by atoms with Crippen molar-refractivity contribution in [2.45, 2.75) is 12.5 Å². The number of halogens is 1. The molecule has 0 radical (unpaired) electrons. The zero-order valence-corrected chi connectivity index (χ0v) is 12.4. The number of benzene rings is 1. The Morgan fingerprint density at radius 1 is 1.31 bits per heavy atom. The Morgan fingerprint density at radius 2 is 1.88 bits per heavy atom. The van der Waals surface area contributed by atoms with Crippen LogP contribution in [0, 0.1) is 3.57 Å². The number of rotatable bonds is 5. The summed E-state index contributed by atoms with van der Waals surface area (Å²) < 4.78 is 23.4. The molecule has 0 saturated carbocycles. The molecule has 0 saturated heterocycles. The Hall–Kier alpha value is -0.140. The van der Waals surface area contributed by atoms with Crippen LogP contribution in [0.15, 0.2) is 24.3 Å². The van der Waals surface area contributed by atoms with Crippen LogP contribution in [-0.2, 0) is 9.84 Å². The highest BCUT2D eigenvalue weighted by molar-refractivity contribution is 14.1. The standard InChI is InChI=1S/C11H16INO2S/c1-13-11(7-8-16(2,14)15)9-3-5-10(12)6-4-9/h3-6,11,13H,7-8H2,1-2H3. The summed E-state index contributed by atoms with van der Waals surface area (Å²) in [5.74, 6) is 0.213. The smallest absolute Gasteiger partial charge is 0.147 e. The van der Waals surface area contributed by atoms with Gasteiger partial charge in [-0.15, -0.1) is 0 Å². The van der Waals surface area contributed by atoms with E-state index in [4.69, 9.17) is 0 Å². The molecule has 0 heterocycles. The first-order valence-electron chi connectivity index (χ1n) is 5.03. The minimum atomic E-state index is -2.89. The van der Waals surface area contributed by atoms with Crippen molar-refractivity contribution in [3.05, 3.63) is 33.4 Å².